The van der Waals surface area contributed by atoms with Crippen LogP contribution in [-0.2, 0) is 0 Å². The lowest BCUT2D eigenvalue weighted by Gasteiger charge is -2.03. The summed E-state index contributed by atoms with van der Waals surface area (Å²) < 4.78 is 23.7. The third-order valence-corrected chi connectivity index (χ3v) is 2.54. The lowest BCUT2D eigenvalue weighted by atomic mass is 9.80. The van der Waals surface area contributed by atoms with Crippen LogP contribution in [0.5, 0.6) is 0 Å². The second-order valence-electron chi connectivity index (χ2n) is 2.65. The summed E-state index contributed by atoms with van der Waals surface area (Å²) >= 11 is 0.988. The zero-order chi connectivity index (χ0) is 10.6. The Morgan fingerprint density at radius 1 is 1.36 bits per heavy atom. The van der Waals surface area contributed by atoms with Gasteiger partial charge in [0.2, 0.25) is 6.43 Å². The molecule has 0 bridgehead atoms. The molecule has 0 radical (unpaired) electrons. The van der Waals surface area contributed by atoms with Crippen LogP contribution < -0.4 is 5.46 Å². The molecule has 0 fully saturated rings. The lowest BCUT2D eigenvalue weighted by molar-refractivity contribution is 0.177. The van der Waals surface area contributed by atoms with Crippen molar-refractivity contribution in [3.05, 3.63) is 24.3 Å². The van der Waals surface area contributed by atoms with E-state index >= 15 is 0 Å². The standard InChI is InChI=1S/C8H9BF2O2S/c10-8(11)5-14-7-3-1-2-6(4-7)9(12)13/h1-4,8,12-13H,5H2. The number of benzene rings is 1. The molecular weight excluding hydrogens is 209 g/mol. The van der Waals surface area contributed by atoms with Gasteiger partial charge in [-0.15, -0.1) is 11.8 Å². The van der Waals surface area contributed by atoms with E-state index in [0.29, 0.717) is 10.4 Å². The van der Waals surface area contributed by atoms with Crippen LogP contribution in [0.3, 0.4) is 0 Å². The molecule has 2 nitrogen and oxygen atoms in total. The smallest absolute Gasteiger partial charge is 0.423 e. The molecule has 0 aliphatic carbocycles. The Morgan fingerprint density at radius 3 is 2.64 bits per heavy atom. The molecule has 2 N–H and O–H groups in total. The van der Waals surface area contributed by atoms with Gasteiger partial charge < -0.3 is 10.0 Å². The molecule has 0 spiro atoms. The maximum Gasteiger partial charge on any atom is 0.488 e. The van der Waals surface area contributed by atoms with Crippen LogP contribution in [0.25, 0.3) is 0 Å². The van der Waals surface area contributed by atoms with Gasteiger partial charge >= 0.3 is 7.12 Å². The number of hydrogen-bond donors (Lipinski definition) is 2. The fourth-order valence-corrected chi connectivity index (χ4v) is 1.64. The van der Waals surface area contributed by atoms with Crippen LogP contribution in [0.15, 0.2) is 29.2 Å². The van der Waals surface area contributed by atoms with Gasteiger partial charge in [-0.05, 0) is 17.6 Å². The van der Waals surface area contributed by atoms with E-state index in [1.807, 2.05) is 0 Å². The maximum atomic E-state index is 11.9. The first-order valence-corrected chi connectivity index (χ1v) is 4.95. The van der Waals surface area contributed by atoms with Gasteiger partial charge in [-0.3, -0.25) is 0 Å². The van der Waals surface area contributed by atoms with Crippen LogP contribution in [0.2, 0.25) is 0 Å². The average molecular weight is 218 g/mol. The fourth-order valence-electron chi connectivity index (χ4n) is 0.924. The minimum absolute atomic E-state index is 0.287. The molecule has 0 aliphatic heterocycles. The number of halogens is 2. The Kier molecular flexibility index (Phi) is 4.38. The first-order valence-electron chi connectivity index (χ1n) is 3.96. The molecule has 1 rings (SSSR count). The molecule has 0 aromatic heterocycles. The van der Waals surface area contributed by atoms with Gasteiger partial charge in [-0.25, -0.2) is 8.78 Å². The quantitative estimate of drug-likeness (QED) is 0.578. The van der Waals surface area contributed by atoms with Crippen molar-refractivity contribution < 1.29 is 18.8 Å². The minimum Gasteiger partial charge on any atom is -0.423 e. The summed E-state index contributed by atoms with van der Waals surface area (Å²) in [5.74, 6) is -0.287. The van der Waals surface area contributed by atoms with Gasteiger partial charge in [-0.2, -0.15) is 0 Å². The number of rotatable bonds is 4. The molecule has 76 valence electrons. The second kappa shape index (κ2) is 5.33. The van der Waals surface area contributed by atoms with Crippen LogP contribution in [-0.4, -0.2) is 29.3 Å². The second-order valence-corrected chi connectivity index (χ2v) is 3.74. The SMILES string of the molecule is OB(O)c1cccc(SCC(F)F)c1. The lowest BCUT2D eigenvalue weighted by Crippen LogP contribution is -2.29. The van der Waals surface area contributed by atoms with Gasteiger partial charge in [0.1, 0.15) is 0 Å². The van der Waals surface area contributed by atoms with E-state index < -0.39 is 13.5 Å². The summed E-state index contributed by atoms with van der Waals surface area (Å²) in [7, 11) is -1.55. The predicted octanol–water partition coefficient (Wildman–Crippen LogP) is 0.724. The molecule has 0 saturated carbocycles. The van der Waals surface area contributed by atoms with Crippen molar-refractivity contribution in [1.29, 1.82) is 0 Å². The fraction of sp³-hybridized carbons (Fsp3) is 0.250. The molecule has 0 atom stereocenters. The molecule has 0 aliphatic rings. The summed E-state index contributed by atoms with van der Waals surface area (Å²) in [6, 6.07) is 6.26. The van der Waals surface area contributed by atoms with Crippen molar-refractivity contribution in [2.75, 3.05) is 5.75 Å². The van der Waals surface area contributed by atoms with Gasteiger partial charge in [0.15, 0.2) is 0 Å². The van der Waals surface area contributed by atoms with E-state index in [2.05, 4.69) is 0 Å². The summed E-state index contributed by atoms with van der Waals surface area (Å²) in [6.45, 7) is 0. The molecule has 0 heterocycles. The third-order valence-electron chi connectivity index (χ3n) is 1.53. The zero-order valence-electron chi connectivity index (χ0n) is 7.23. The first-order chi connectivity index (χ1) is 6.59. The monoisotopic (exact) mass is 218 g/mol. The number of thioether (sulfide) groups is 1. The molecule has 1 aromatic rings. The van der Waals surface area contributed by atoms with Crippen molar-refractivity contribution in [2.24, 2.45) is 0 Å². The van der Waals surface area contributed by atoms with Crippen molar-refractivity contribution in [3.8, 4) is 0 Å². The van der Waals surface area contributed by atoms with E-state index in [4.69, 9.17) is 10.0 Å². The van der Waals surface area contributed by atoms with E-state index in [0.717, 1.165) is 11.8 Å². The topological polar surface area (TPSA) is 40.5 Å². The Bertz CT molecular complexity index is 296. The summed E-state index contributed by atoms with van der Waals surface area (Å²) in [4.78, 5) is 0.607. The molecule has 0 amide bonds. The van der Waals surface area contributed by atoms with E-state index in [9.17, 15) is 8.78 Å². The van der Waals surface area contributed by atoms with Crippen LogP contribution >= 0.6 is 11.8 Å². The van der Waals surface area contributed by atoms with Gasteiger partial charge in [-0.1, -0.05) is 12.1 Å². The Balaban J connectivity index is 2.64. The summed E-state index contributed by atoms with van der Waals surface area (Å²) in [5, 5.41) is 17.6. The molecular formula is C8H9BF2O2S. The van der Waals surface area contributed by atoms with Crippen molar-refractivity contribution in [3.63, 3.8) is 0 Å². The highest BCUT2D eigenvalue weighted by Crippen LogP contribution is 2.18. The zero-order valence-corrected chi connectivity index (χ0v) is 8.05. The van der Waals surface area contributed by atoms with Crippen LogP contribution in [0.1, 0.15) is 0 Å². The molecule has 0 saturated heterocycles. The van der Waals surface area contributed by atoms with Gasteiger partial charge in [0, 0.05) is 4.90 Å². The summed E-state index contributed by atoms with van der Waals surface area (Å²) in [6.07, 6.45) is -2.36. The van der Waals surface area contributed by atoms with Crippen molar-refractivity contribution in [2.45, 2.75) is 11.3 Å². The average Bonchev–Trinajstić information content (AvgIpc) is 2.15. The number of alkyl halides is 2. The normalized spacial score (nSPS) is 10.6. The molecule has 14 heavy (non-hydrogen) atoms. The molecule has 0 unspecified atom stereocenters. The Labute approximate surface area is 85.1 Å². The highest BCUT2D eigenvalue weighted by molar-refractivity contribution is 7.99. The van der Waals surface area contributed by atoms with E-state index in [-0.39, 0.29) is 5.75 Å². The largest absolute Gasteiger partial charge is 0.488 e. The van der Waals surface area contributed by atoms with Crippen molar-refractivity contribution in [1.82, 2.24) is 0 Å². The Morgan fingerprint density at radius 2 is 2.07 bits per heavy atom. The highest BCUT2D eigenvalue weighted by Gasteiger charge is 2.11. The van der Waals surface area contributed by atoms with Crippen LogP contribution in [0, 0.1) is 0 Å². The number of hydrogen-bond acceptors (Lipinski definition) is 3. The highest BCUT2D eigenvalue weighted by atomic mass is 32.2. The van der Waals surface area contributed by atoms with Gasteiger partial charge in [0.25, 0.3) is 0 Å². The van der Waals surface area contributed by atoms with E-state index in [1.165, 1.54) is 12.1 Å². The van der Waals surface area contributed by atoms with Crippen molar-refractivity contribution >= 4 is 24.3 Å². The molecule has 1 aromatic carbocycles. The molecule has 6 heteroatoms. The first kappa shape index (κ1) is 11.5. The van der Waals surface area contributed by atoms with E-state index in [1.54, 1.807) is 12.1 Å². The third kappa shape index (κ3) is 3.65. The van der Waals surface area contributed by atoms with Gasteiger partial charge in [0.05, 0.1) is 5.75 Å². The summed E-state index contributed by atoms with van der Waals surface area (Å²) in [5.41, 5.74) is 0.310. The Hall–Kier alpha value is -0.585. The minimum atomic E-state index is -2.36. The van der Waals surface area contributed by atoms with Crippen LogP contribution in [0.4, 0.5) is 8.78 Å². The predicted molar refractivity (Wildman–Crippen MR) is 53.0 cm³/mol. The maximum absolute atomic E-state index is 11.9.